The van der Waals surface area contributed by atoms with Crippen LogP contribution in [0, 0.1) is 0 Å². The highest BCUT2D eigenvalue weighted by Gasteiger charge is 2.22. The molecular weight excluding hydrogens is 354 g/mol. The average molecular weight is 377 g/mol. The van der Waals surface area contributed by atoms with E-state index in [2.05, 4.69) is 5.32 Å². The van der Waals surface area contributed by atoms with Crippen molar-refractivity contribution in [3.05, 3.63) is 54.1 Å². The van der Waals surface area contributed by atoms with E-state index < -0.39 is 0 Å². The zero-order valence-corrected chi connectivity index (χ0v) is 15.7. The van der Waals surface area contributed by atoms with Crippen LogP contribution in [0.5, 0.6) is 0 Å². The molecule has 28 heavy (non-hydrogen) atoms. The summed E-state index contributed by atoms with van der Waals surface area (Å²) < 4.78 is 0. The van der Waals surface area contributed by atoms with Gasteiger partial charge in [0.15, 0.2) is 0 Å². The molecule has 144 valence electrons. The Morgan fingerprint density at radius 3 is 1.75 bits per heavy atom. The summed E-state index contributed by atoms with van der Waals surface area (Å²) in [5.74, 6) is 0.204. The third-order valence-electron chi connectivity index (χ3n) is 5.22. The monoisotopic (exact) mass is 377 g/mol. The summed E-state index contributed by atoms with van der Waals surface area (Å²) in [5.41, 5.74) is 3.36. The highest BCUT2D eigenvalue weighted by atomic mass is 16.2. The van der Waals surface area contributed by atoms with E-state index in [0.717, 1.165) is 42.9 Å². The maximum Gasteiger partial charge on any atom is 0.228 e. The average Bonchev–Trinajstić information content (AvgIpc) is 3.31. The zero-order chi connectivity index (χ0) is 19.5. The molecule has 2 fully saturated rings. The Kier molecular flexibility index (Phi) is 5.10. The van der Waals surface area contributed by atoms with Crippen LogP contribution in [0.4, 0.5) is 17.1 Å². The molecule has 0 atom stereocenters. The van der Waals surface area contributed by atoms with Gasteiger partial charge in [-0.05, 0) is 54.8 Å². The van der Waals surface area contributed by atoms with Crippen LogP contribution >= 0.6 is 0 Å². The van der Waals surface area contributed by atoms with Gasteiger partial charge in [-0.2, -0.15) is 0 Å². The van der Waals surface area contributed by atoms with Crippen molar-refractivity contribution in [1.29, 1.82) is 0 Å². The lowest BCUT2D eigenvalue weighted by molar-refractivity contribution is -0.117. The number of benzene rings is 2. The summed E-state index contributed by atoms with van der Waals surface area (Å²) in [6.45, 7) is 1.52. The van der Waals surface area contributed by atoms with Gasteiger partial charge >= 0.3 is 0 Å². The number of carbonyl (C=O) groups excluding carboxylic acids is 3. The van der Waals surface area contributed by atoms with Crippen LogP contribution in [0.1, 0.15) is 31.2 Å². The molecule has 3 amide bonds. The van der Waals surface area contributed by atoms with Gasteiger partial charge in [0.2, 0.25) is 17.7 Å². The number of rotatable bonds is 5. The summed E-state index contributed by atoms with van der Waals surface area (Å²) >= 11 is 0. The lowest BCUT2D eigenvalue weighted by Gasteiger charge is -2.16. The molecule has 2 saturated heterocycles. The molecule has 2 aromatic rings. The van der Waals surface area contributed by atoms with E-state index in [0.29, 0.717) is 18.5 Å². The minimum absolute atomic E-state index is 0.102. The second kappa shape index (κ2) is 7.84. The molecule has 2 aliphatic rings. The molecule has 6 nitrogen and oxygen atoms in total. The predicted molar refractivity (Wildman–Crippen MR) is 108 cm³/mol. The SMILES string of the molecule is O=C(Cc1ccc(N2CCCC2=O)cc1)Nc1ccc(N2CCCC2=O)cc1. The topological polar surface area (TPSA) is 69.7 Å². The molecule has 6 heteroatoms. The maximum absolute atomic E-state index is 12.3. The highest BCUT2D eigenvalue weighted by molar-refractivity contribution is 5.97. The molecule has 0 radical (unpaired) electrons. The first-order chi connectivity index (χ1) is 13.6. The summed E-state index contributed by atoms with van der Waals surface area (Å²) in [4.78, 5) is 39.5. The number of nitrogens with one attached hydrogen (secondary N) is 1. The largest absolute Gasteiger partial charge is 0.326 e. The summed E-state index contributed by atoms with van der Waals surface area (Å²) in [6, 6.07) is 14.9. The quantitative estimate of drug-likeness (QED) is 0.870. The van der Waals surface area contributed by atoms with Crippen molar-refractivity contribution < 1.29 is 14.4 Å². The van der Waals surface area contributed by atoms with Crippen LogP contribution in [0.15, 0.2) is 48.5 Å². The van der Waals surface area contributed by atoms with Crippen LogP contribution < -0.4 is 15.1 Å². The first-order valence-corrected chi connectivity index (χ1v) is 9.70. The number of hydrogen-bond acceptors (Lipinski definition) is 3. The van der Waals surface area contributed by atoms with Gasteiger partial charge in [-0.3, -0.25) is 14.4 Å². The van der Waals surface area contributed by atoms with Crippen molar-refractivity contribution in [2.75, 3.05) is 28.2 Å². The molecule has 0 unspecified atom stereocenters. The molecule has 0 spiro atoms. The third-order valence-corrected chi connectivity index (χ3v) is 5.22. The Labute approximate surface area is 164 Å². The van der Waals surface area contributed by atoms with E-state index in [9.17, 15) is 14.4 Å². The summed E-state index contributed by atoms with van der Waals surface area (Å²) in [7, 11) is 0. The van der Waals surface area contributed by atoms with Crippen molar-refractivity contribution in [1.82, 2.24) is 0 Å². The molecular formula is C22H23N3O3. The van der Waals surface area contributed by atoms with Crippen molar-refractivity contribution >= 4 is 34.8 Å². The normalized spacial score (nSPS) is 16.7. The van der Waals surface area contributed by atoms with E-state index in [1.165, 1.54) is 0 Å². The Morgan fingerprint density at radius 1 is 0.786 bits per heavy atom. The fraction of sp³-hybridized carbons (Fsp3) is 0.318. The van der Waals surface area contributed by atoms with Crippen molar-refractivity contribution in [2.24, 2.45) is 0 Å². The van der Waals surface area contributed by atoms with Crippen molar-refractivity contribution in [3.63, 3.8) is 0 Å². The van der Waals surface area contributed by atoms with Crippen LogP contribution in [0.2, 0.25) is 0 Å². The number of nitrogens with zero attached hydrogens (tertiary/aromatic N) is 2. The molecule has 0 aliphatic carbocycles. The van der Waals surface area contributed by atoms with E-state index in [4.69, 9.17) is 0 Å². The van der Waals surface area contributed by atoms with Crippen LogP contribution in [-0.4, -0.2) is 30.8 Å². The second-order valence-electron chi connectivity index (χ2n) is 7.24. The predicted octanol–water partition coefficient (Wildman–Crippen LogP) is 3.12. The molecule has 4 rings (SSSR count). The Balaban J connectivity index is 1.34. The Hall–Kier alpha value is -3.15. The first-order valence-electron chi connectivity index (χ1n) is 9.70. The molecule has 0 aromatic heterocycles. The molecule has 0 saturated carbocycles. The van der Waals surface area contributed by atoms with Gasteiger partial charge in [0.25, 0.3) is 0 Å². The standard InChI is InChI=1S/C22H23N3O3/c26-20(15-16-5-9-18(10-6-16)24-13-1-3-21(24)27)23-17-7-11-19(12-8-17)25-14-2-4-22(25)28/h5-12H,1-4,13-15H2,(H,23,26). The molecule has 2 aliphatic heterocycles. The fourth-order valence-corrected chi connectivity index (χ4v) is 3.75. The third kappa shape index (κ3) is 3.91. The molecule has 1 N–H and O–H groups in total. The number of anilines is 3. The first kappa shape index (κ1) is 18.2. The number of amides is 3. The summed E-state index contributed by atoms with van der Waals surface area (Å²) in [6.07, 6.45) is 3.26. The van der Waals surface area contributed by atoms with Gasteiger partial charge in [-0.1, -0.05) is 12.1 Å². The fourth-order valence-electron chi connectivity index (χ4n) is 3.75. The van der Waals surface area contributed by atoms with Gasteiger partial charge in [-0.25, -0.2) is 0 Å². The van der Waals surface area contributed by atoms with Crippen molar-refractivity contribution in [3.8, 4) is 0 Å². The molecule has 2 aromatic carbocycles. The van der Waals surface area contributed by atoms with Crippen molar-refractivity contribution in [2.45, 2.75) is 32.1 Å². The molecule has 2 heterocycles. The lowest BCUT2D eigenvalue weighted by Crippen LogP contribution is -2.23. The van der Waals surface area contributed by atoms with E-state index in [-0.39, 0.29) is 24.1 Å². The maximum atomic E-state index is 12.3. The molecule has 0 bridgehead atoms. The van der Waals surface area contributed by atoms with Gasteiger partial charge in [0.05, 0.1) is 6.42 Å². The smallest absolute Gasteiger partial charge is 0.228 e. The second-order valence-corrected chi connectivity index (χ2v) is 7.24. The van der Waals surface area contributed by atoms with Gasteiger partial charge in [-0.15, -0.1) is 0 Å². The number of hydrogen-bond donors (Lipinski definition) is 1. The minimum Gasteiger partial charge on any atom is -0.326 e. The minimum atomic E-state index is -0.102. The van der Waals surface area contributed by atoms with Gasteiger partial charge in [0, 0.05) is 43.0 Å². The Bertz CT molecular complexity index is 817. The van der Waals surface area contributed by atoms with E-state index in [1.54, 1.807) is 9.80 Å². The van der Waals surface area contributed by atoms with E-state index in [1.807, 2.05) is 48.5 Å². The van der Waals surface area contributed by atoms with Crippen LogP contribution in [-0.2, 0) is 20.8 Å². The summed E-state index contributed by atoms with van der Waals surface area (Å²) in [5, 5.41) is 2.89. The van der Waals surface area contributed by atoms with Crippen LogP contribution in [0.25, 0.3) is 0 Å². The highest BCUT2D eigenvalue weighted by Crippen LogP contribution is 2.24. The van der Waals surface area contributed by atoms with Gasteiger partial charge in [0.1, 0.15) is 0 Å². The van der Waals surface area contributed by atoms with Gasteiger partial charge < -0.3 is 15.1 Å². The zero-order valence-electron chi connectivity index (χ0n) is 15.7. The van der Waals surface area contributed by atoms with E-state index >= 15 is 0 Å². The van der Waals surface area contributed by atoms with Crippen LogP contribution in [0.3, 0.4) is 0 Å². The lowest BCUT2D eigenvalue weighted by atomic mass is 10.1. The number of carbonyl (C=O) groups is 3. The Morgan fingerprint density at radius 2 is 1.29 bits per heavy atom.